The lowest BCUT2D eigenvalue weighted by molar-refractivity contribution is -0.141. The molecule has 0 amide bonds. The number of hydrogen-bond acceptors (Lipinski definition) is 3. The summed E-state index contributed by atoms with van der Waals surface area (Å²) in [6.45, 7) is 0. The molecule has 104 valence electrons. The Hall–Kier alpha value is -2.57. The first kappa shape index (κ1) is 13.9. The third-order valence-corrected chi connectivity index (χ3v) is 2.32. The van der Waals surface area contributed by atoms with Crippen molar-refractivity contribution in [2.24, 2.45) is 0 Å². The molecule has 1 aromatic carbocycles. The van der Waals surface area contributed by atoms with Gasteiger partial charge in [-0.25, -0.2) is 9.78 Å². The molecule has 0 saturated carbocycles. The third kappa shape index (κ3) is 3.05. The number of benzene rings is 1. The number of alkyl halides is 3. The van der Waals surface area contributed by atoms with Crippen LogP contribution in [0.1, 0.15) is 27.7 Å². The predicted octanol–water partition coefficient (Wildman–Crippen LogP) is 3.56. The van der Waals surface area contributed by atoms with E-state index in [1.165, 1.54) is 12.2 Å². The zero-order valence-electron chi connectivity index (χ0n) is 9.89. The topological polar surface area (TPSA) is 63.3 Å². The van der Waals surface area contributed by atoms with E-state index in [2.05, 4.69) is 9.40 Å². The molecule has 0 fully saturated rings. The molecule has 0 spiro atoms. The maximum Gasteiger partial charge on any atom is 0.437 e. The highest BCUT2D eigenvalue weighted by atomic mass is 19.4. The molecule has 7 heteroatoms. The maximum absolute atomic E-state index is 12.6. The van der Waals surface area contributed by atoms with Gasteiger partial charge in [0.15, 0.2) is 5.69 Å². The molecule has 4 nitrogen and oxygen atoms in total. The van der Waals surface area contributed by atoms with Gasteiger partial charge in [-0.3, -0.25) is 0 Å². The molecule has 0 atom stereocenters. The van der Waals surface area contributed by atoms with Gasteiger partial charge in [-0.05, 0) is 11.6 Å². The lowest BCUT2D eigenvalue weighted by Crippen LogP contribution is -2.11. The van der Waals surface area contributed by atoms with E-state index < -0.39 is 29.5 Å². The highest BCUT2D eigenvalue weighted by Gasteiger charge is 2.40. The number of nitrogens with zero attached hydrogens (tertiary/aromatic N) is 1. The van der Waals surface area contributed by atoms with Gasteiger partial charge in [-0.1, -0.05) is 30.3 Å². The summed E-state index contributed by atoms with van der Waals surface area (Å²) in [5.41, 5.74) is -0.825. The number of carboxylic acid groups (broad SMARTS) is 1. The zero-order valence-corrected chi connectivity index (χ0v) is 9.89. The molecule has 2 rings (SSSR count). The lowest BCUT2D eigenvalue weighted by atomic mass is 10.2. The molecule has 1 heterocycles. The van der Waals surface area contributed by atoms with Crippen LogP contribution in [0.2, 0.25) is 0 Å². The highest BCUT2D eigenvalue weighted by molar-refractivity contribution is 5.86. The molecule has 1 N–H and O–H groups in total. The van der Waals surface area contributed by atoms with Crippen molar-refractivity contribution in [1.29, 1.82) is 0 Å². The van der Waals surface area contributed by atoms with Crippen molar-refractivity contribution in [1.82, 2.24) is 4.98 Å². The Morgan fingerprint density at radius 1 is 1.20 bits per heavy atom. The van der Waals surface area contributed by atoms with Gasteiger partial charge in [0.1, 0.15) is 0 Å². The molecule has 0 saturated heterocycles. The number of halogens is 3. The minimum absolute atomic E-state index is 0.418. The summed E-state index contributed by atoms with van der Waals surface area (Å²) in [5.74, 6) is -3.45. The largest absolute Gasteiger partial charge is 0.475 e. The van der Waals surface area contributed by atoms with Crippen molar-refractivity contribution in [2.45, 2.75) is 6.18 Å². The molecular formula is C13H8F3NO3. The van der Waals surface area contributed by atoms with Gasteiger partial charge in [0.2, 0.25) is 11.7 Å². The van der Waals surface area contributed by atoms with Gasteiger partial charge < -0.3 is 9.52 Å². The highest BCUT2D eigenvalue weighted by Crippen LogP contribution is 2.32. The van der Waals surface area contributed by atoms with Crippen LogP contribution >= 0.6 is 0 Å². The Morgan fingerprint density at radius 3 is 2.35 bits per heavy atom. The van der Waals surface area contributed by atoms with Gasteiger partial charge in [-0.2, -0.15) is 13.2 Å². The van der Waals surface area contributed by atoms with E-state index in [0.717, 1.165) is 5.56 Å². The Bertz CT molecular complexity index is 645. The van der Waals surface area contributed by atoms with Crippen LogP contribution in [0.15, 0.2) is 34.7 Å². The predicted molar refractivity (Wildman–Crippen MR) is 63.8 cm³/mol. The number of aromatic nitrogens is 1. The van der Waals surface area contributed by atoms with E-state index in [4.69, 9.17) is 5.11 Å². The fourth-order valence-electron chi connectivity index (χ4n) is 1.48. The van der Waals surface area contributed by atoms with Crippen molar-refractivity contribution >= 4 is 18.1 Å². The van der Waals surface area contributed by atoms with E-state index in [9.17, 15) is 18.0 Å². The second-order valence-corrected chi connectivity index (χ2v) is 3.78. The molecule has 2 aromatic rings. The first-order valence-corrected chi connectivity index (χ1v) is 5.42. The summed E-state index contributed by atoms with van der Waals surface area (Å²) in [5, 5.41) is 8.67. The Balaban J connectivity index is 2.35. The second kappa shape index (κ2) is 5.20. The summed E-state index contributed by atoms with van der Waals surface area (Å²) in [7, 11) is 0. The summed E-state index contributed by atoms with van der Waals surface area (Å²) in [6.07, 6.45) is -2.23. The van der Waals surface area contributed by atoms with E-state index in [-0.39, 0.29) is 0 Å². The minimum atomic E-state index is -4.88. The van der Waals surface area contributed by atoms with Crippen molar-refractivity contribution in [2.75, 3.05) is 0 Å². The lowest BCUT2D eigenvalue weighted by Gasteiger charge is -2.00. The molecular weight excluding hydrogens is 275 g/mol. The van der Waals surface area contributed by atoms with Crippen LogP contribution in [0.5, 0.6) is 0 Å². The Kier molecular flexibility index (Phi) is 3.60. The first-order valence-electron chi connectivity index (χ1n) is 5.42. The number of oxazole rings is 1. The van der Waals surface area contributed by atoms with Crippen LogP contribution in [0, 0.1) is 0 Å². The monoisotopic (exact) mass is 283 g/mol. The molecule has 0 radical (unpaired) electrons. The summed E-state index contributed by atoms with van der Waals surface area (Å²) in [4.78, 5) is 13.9. The first-order chi connectivity index (χ1) is 9.38. The fourth-order valence-corrected chi connectivity index (χ4v) is 1.48. The molecule has 0 aliphatic rings. The number of carbonyl (C=O) groups is 1. The third-order valence-electron chi connectivity index (χ3n) is 2.32. The number of rotatable bonds is 3. The molecule has 0 aliphatic carbocycles. The normalized spacial score (nSPS) is 11.9. The van der Waals surface area contributed by atoms with Crippen molar-refractivity contribution in [3.63, 3.8) is 0 Å². The maximum atomic E-state index is 12.6. The minimum Gasteiger partial charge on any atom is -0.475 e. The Morgan fingerprint density at radius 2 is 1.85 bits per heavy atom. The van der Waals surface area contributed by atoms with Crippen LogP contribution in [0.3, 0.4) is 0 Å². The zero-order chi connectivity index (χ0) is 14.8. The standard InChI is InChI=1S/C13H8F3NO3/c14-13(15,16)11-10(12(18)19)20-9(17-11)7-6-8-4-2-1-3-5-8/h1-7H,(H,18,19). The van der Waals surface area contributed by atoms with Gasteiger partial charge in [-0.15, -0.1) is 0 Å². The van der Waals surface area contributed by atoms with Gasteiger partial charge >= 0.3 is 12.1 Å². The Labute approximate surface area is 111 Å². The van der Waals surface area contributed by atoms with Gasteiger partial charge in [0.05, 0.1) is 0 Å². The SMILES string of the molecule is O=C(O)c1oc(C=Cc2ccccc2)nc1C(F)(F)F. The fraction of sp³-hybridized carbons (Fsp3) is 0.0769. The second-order valence-electron chi connectivity index (χ2n) is 3.78. The summed E-state index contributed by atoms with van der Waals surface area (Å²) >= 11 is 0. The molecule has 20 heavy (non-hydrogen) atoms. The summed E-state index contributed by atoms with van der Waals surface area (Å²) < 4.78 is 42.3. The number of aromatic carboxylic acids is 1. The van der Waals surface area contributed by atoms with Crippen molar-refractivity contribution in [3.8, 4) is 0 Å². The molecule has 0 unspecified atom stereocenters. The molecule has 0 bridgehead atoms. The van der Waals surface area contributed by atoms with Crippen LogP contribution < -0.4 is 0 Å². The van der Waals surface area contributed by atoms with Crippen molar-refractivity contribution in [3.05, 3.63) is 53.2 Å². The van der Waals surface area contributed by atoms with Crippen LogP contribution in [-0.2, 0) is 6.18 Å². The van der Waals surface area contributed by atoms with Crippen LogP contribution in [0.4, 0.5) is 13.2 Å². The van der Waals surface area contributed by atoms with Gasteiger partial charge in [0.25, 0.3) is 0 Å². The van der Waals surface area contributed by atoms with Gasteiger partial charge in [0, 0.05) is 6.08 Å². The number of carboxylic acids is 1. The summed E-state index contributed by atoms with van der Waals surface area (Å²) in [6, 6.07) is 8.73. The van der Waals surface area contributed by atoms with E-state index in [1.54, 1.807) is 30.3 Å². The average molecular weight is 283 g/mol. The average Bonchev–Trinajstić information content (AvgIpc) is 2.82. The smallest absolute Gasteiger partial charge is 0.437 e. The van der Waals surface area contributed by atoms with E-state index in [0.29, 0.717) is 0 Å². The number of hydrogen-bond donors (Lipinski definition) is 1. The quantitative estimate of drug-likeness (QED) is 0.935. The molecule has 0 aliphatic heterocycles. The van der Waals surface area contributed by atoms with Crippen LogP contribution in [0.25, 0.3) is 12.2 Å². The van der Waals surface area contributed by atoms with E-state index in [1.807, 2.05) is 0 Å². The van der Waals surface area contributed by atoms with E-state index >= 15 is 0 Å². The van der Waals surface area contributed by atoms with Crippen LogP contribution in [-0.4, -0.2) is 16.1 Å². The molecule has 1 aromatic heterocycles. The van der Waals surface area contributed by atoms with Crippen molar-refractivity contribution < 1.29 is 27.5 Å².